The molecule has 0 bridgehead atoms. The first kappa shape index (κ1) is 13.8. The van der Waals surface area contributed by atoms with Crippen molar-refractivity contribution in [1.82, 2.24) is 4.98 Å². The van der Waals surface area contributed by atoms with E-state index in [1.807, 2.05) is 0 Å². The van der Waals surface area contributed by atoms with E-state index in [0.717, 1.165) is 5.56 Å². The summed E-state index contributed by atoms with van der Waals surface area (Å²) in [7, 11) is -2.21. The number of carbonyl (C=O) groups excluding carboxylic acids is 1. The summed E-state index contributed by atoms with van der Waals surface area (Å²) in [6.07, 6.45) is 1.40. The Morgan fingerprint density at radius 3 is 2.68 bits per heavy atom. The van der Waals surface area contributed by atoms with Gasteiger partial charge in [0.05, 0.1) is 19.0 Å². The molecule has 104 valence electrons. The zero-order valence-corrected chi connectivity index (χ0v) is 11.5. The number of sulfonamides is 1. The number of pyridine rings is 1. The lowest BCUT2D eigenvalue weighted by Crippen LogP contribution is -2.32. The first-order valence-electron chi connectivity index (χ1n) is 5.65. The Balaban J connectivity index is 2.31. The van der Waals surface area contributed by atoms with Crippen molar-refractivity contribution in [3.8, 4) is 5.88 Å². The smallest absolute Gasteiger partial charge is 0.228 e. The van der Waals surface area contributed by atoms with E-state index in [1.165, 1.54) is 18.2 Å². The van der Waals surface area contributed by atoms with Gasteiger partial charge in [0.15, 0.2) is 0 Å². The lowest BCUT2D eigenvalue weighted by atomic mass is 10.2. The number of aryl methyl sites for hydroxylation is 1. The second-order valence-corrected chi connectivity index (χ2v) is 6.28. The molecular formula is C11H15N3O4S. The summed E-state index contributed by atoms with van der Waals surface area (Å²) in [6, 6.07) is 1.69. The quantitative estimate of drug-likeness (QED) is 0.828. The van der Waals surface area contributed by atoms with Crippen LogP contribution in [0.4, 0.5) is 5.69 Å². The van der Waals surface area contributed by atoms with Crippen LogP contribution in [-0.4, -0.2) is 38.2 Å². The third-order valence-electron chi connectivity index (χ3n) is 3.11. The van der Waals surface area contributed by atoms with Crippen LogP contribution in [0.5, 0.6) is 5.88 Å². The normalized spacial score (nSPS) is 19.8. The maximum atomic E-state index is 11.9. The molecule has 19 heavy (non-hydrogen) atoms. The number of carbonyl (C=O) groups is 1. The molecule has 0 saturated carbocycles. The van der Waals surface area contributed by atoms with Crippen molar-refractivity contribution in [1.29, 1.82) is 0 Å². The summed E-state index contributed by atoms with van der Waals surface area (Å²) >= 11 is 0. The molecule has 1 fully saturated rings. The van der Waals surface area contributed by atoms with Crippen LogP contribution in [-0.2, 0) is 14.8 Å². The Hall–Kier alpha value is -1.67. The maximum absolute atomic E-state index is 11.9. The average Bonchev–Trinajstić information content (AvgIpc) is 2.71. The van der Waals surface area contributed by atoms with E-state index in [0.29, 0.717) is 11.6 Å². The molecular weight excluding hydrogens is 270 g/mol. The van der Waals surface area contributed by atoms with Gasteiger partial charge in [0.1, 0.15) is 5.25 Å². The molecule has 0 aromatic carbocycles. The molecule has 1 aromatic heterocycles. The maximum Gasteiger partial charge on any atom is 0.228 e. The third-order valence-corrected chi connectivity index (χ3v) is 4.36. The highest BCUT2D eigenvalue weighted by atomic mass is 32.2. The van der Waals surface area contributed by atoms with Gasteiger partial charge < -0.3 is 9.64 Å². The first-order valence-corrected chi connectivity index (χ1v) is 7.26. The molecule has 0 spiro atoms. The Morgan fingerprint density at radius 2 is 2.21 bits per heavy atom. The fourth-order valence-electron chi connectivity index (χ4n) is 2.04. The fraction of sp³-hybridized carbons (Fsp3) is 0.455. The third kappa shape index (κ3) is 2.69. The monoisotopic (exact) mass is 285 g/mol. The molecule has 8 heteroatoms. The predicted molar refractivity (Wildman–Crippen MR) is 69.4 cm³/mol. The summed E-state index contributed by atoms with van der Waals surface area (Å²) in [5.41, 5.74) is 1.37. The molecule has 1 saturated heterocycles. The van der Waals surface area contributed by atoms with Gasteiger partial charge in [0.2, 0.25) is 21.8 Å². The summed E-state index contributed by atoms with van der Waals surface area (Å²) in [4.78, 5) is 17.3. The van der Waals surface area contributed by atoms with E-state index in [1.54, 1.807) is 13.0 Å². The number of nitrogens with zero attached hydrogens (tertiary/aromatic N) is 2. The van der Waals surface area contributed by atoms with Crippen LogP contribution in [0.2, 0.25) is 0 Å². The minimum absolute atomic E-state index is 0.0620. The Kier molecular flexibility index (Phi) is 3.46. The van der Waals surface area contributed by atoms with E-state index in [4.69, 9.17) is 9.88 Å². The largest absolute Gasteiger partial charge is 0.481 e. The number of anilines is 1. The average molecular weight is 285 g/mol. The number of methoxy groups -OCH3 is 1. The van der Waals surface area contributed by atoms with Crippen molar-refractivity contribution in [3.05, 3.63) is 17.8 Å². The highest BCUT2D eigenvalue weighted by Gasteiger charge is 2.37. The molecule has 0 radical (unpaired) electrons. The molecule has 1 aromatic rings. The van der Waals surface area contributed by atoms with E-state index in [2.05, 4.69) is 4.98 Å². The van der Waals surface area contributed by atoms with Gasteiger partial charge in [-0.1, -0.05) is 0 Å². The Bertz CT molecular complexity index is 614. The molecule has 1 aliphatic heterocycles. The number of nitrogens with two attached hydrogens (primary N) is 1. The number of aromatic nitrogens is 1. The SMILES string of the molecule is COc1cc(C)c(N2CC(S(N)(=O)=O)CC2=O)cn1. The predicted octanol–water partition coefficient (Wildman–Crippen LogP) is -0.208. The van der Waals surface area contributed by atoms with Crippen molar-refractivity contribution in [2.45, 2.75) is 18.6 Å². The van der Waals surface area contributed by atoms with Crippen LogP contribution < -0.4 is 14.8 Å². The van der Waals surface area contributed by atoms with E-state index in [9.17, 15) is 13.2 Å². The molecule has 1 aliphatic rings. The van der Waals surface area contributed by atoms with Crippen molar-refractivity contribution >= 4 is 21.6 Å². The number of primary sulfonamides is 1. The first-order chi connectivity index (χ1) is 8.82. The Morgan fingerprint density at radius 1 is 1.53 bits per heavy atom. The van der Waals surface area contributed by atoms with Gasteiger partial charge in [-0.3, -0.25) is 4.79 Å². The second-order valence-electron chi connectivity index (χ2n) is 4.43. The van der Waals surface area contributed by atoms with Crippen LogP contribution in [0.25, 0.3) is 0 Å². The zero-order chi connectivity index (χ0) is 14.2. The highest BCUT2D eigenvalue weighted by Crippen LogP contribution is 2.28. The van der Waals surface area contributed by atoms with E-state index < -0.39 is 15.3 Å². The van der Waals surface area contributed by atoms with Crippen molar-refractivity contribution in [2.75, 3.05) is 18.6 Å². The minimum atomic E-state index is -3.71. The topological polar surface area (TPSA) is 103 Å². The molecule has 2 N–H and O–H groups in total. The molecule has 1 atom stereocenters. The molecule has 7 nitrogen and oxygen atoms in total. The molecule has 1 unspecified atom stereocenters. The van der Waals surface area contributed by atoms with Crippen LogP contribution in [0.1, 0.15) is 12.0 Å². The van der Waals surface area contributed by atoms with Gasteiger partial charge in [-0.05, 0) is 12.5 Å². The van der Waals surface area contributed by atoms with E-state index in [-0.39, 0.29) is 18.9 Å². The summed E-state index contributed by atoms with van der Waals surface area (Å²) in [6.45, 7) is 1.86. The standard InChI is InChI=1S/C11H15N3O4S/c1-7-3-10(18-2)13-5-9(7)14-6-8(4-11(14)15)19(12,16)17/h3,5,8H,4,6H2,1-2H3,(H2,12,16,17). The molecule has 0 aliphatic carbocycles. The molecule has 2 rings (SSSR count). The number of rotatable bonds is 3. The number of hydrogen-bond donors (Lipinski definition) is 1. The van der Waals surface area contributed by atoms with Crippen LogP contribution in [0, 0.1) is 6.92 Å². The van der Waals surface area contributed by atoms with Gasteiger partial charge >= 0.3 is 0 Å². The van der Waals surface area contributed by atoms with Crippen molar-refractivity contribution in [2.24, 2.45) is 5.14 Å². The van der Waals surface area contributed by atoms with Gasteiger partial charge in [-0.25, -0.2) is 18.5 Å². The lowest BCUT2D eigenvalue weighted by molar-refractivity contribution is -0.117. The Labute approximate surface area is 111 Å². The fourth-order valence-corrected chi connectivity index (χ4v) is 2.78. The van der Waals surface area contributed by atoms with Gasteiger partial charge in [0.25, 0.3) is 0 Å². The van der Waals surface area contributed by atoms with Gasteiger partial charge in [0, 0.05) is 19.0 Å². The van der Waals surface area contributed by atoms with Crippen molar-refractivity contribution < 1.29 is 17.9 Å². The summed E-state index contributed by atoms with van der Waals surface area (Å²) in [5, 5.41) is 4.22. The second kappa shape index (κ2) is 4.78. The minimum Gasteiger partial charge on any atom is -0.481 e. The van der Waals surface area contributed by atoms with Crippen LogP contribution in [0.3, 0.4) is 0 Å². The number of ether oxygens (including phenoxy) is 1. The lowest BCUT2D eigenvalue weighted by Gasteiger charge is -2.18. The molecule has 2 heterocycles. The highest BCUT2D eigenvalue weighted by molar-refractivity contribution is 7.89. The van der Waals surface area contributed by atoms with Gasteiger partial charge in [-0.2, -0.15) is 0 Å². The van der Waals surface area contributed by atoms with Crippen molar-refractivity contribution in [3.63, 3.8) is 0 Å². The number of hydrogen-bond acceptors (Lipinski definition) is 5. The van der Waals surface area contributed by atoms with Crippen LogP contribution >= 0.6 is 0 Å². The molecule has 1 amide bonds. The van der Waals surface area contributed by atoms with Gasteiger partial charge in [-0.15, -0.1) is 0 Å². The number of amides is 1. The van der Waals surface area contributed by atoms with E-state index >= 15 is 0 Å². The summed E-state index contributed by atoms with van der Waals surface area (Å²) in [5.74, 6) is 0.171. The zero-order valence-electron chi connectivity index (χ0n) is 10.7. The summed E-state index contributed by atoms with van der Waals surface area (Å²) < 4.78 is 27.6. The van der Waals surface area contributed by atoms with Crippen LogP contribution in [0.15, 0.2) is 12.3 Å².